The first kappa shape index (κ1) is 15.0. The predicted octanol–water partition coefficient (Wildman–Crippen LogP) is 3.19. The molecule has 3 aromatic rings. The van der Waals surface area contributed by atoms with Crippen LogP contribution in [-0.4, -0.2) is 22.1 Å². The summed E-state index contributed by atoms with van der Waals surface area (Å²) in [5.74, 6) is 0.884. The second-order valence-corrected chi connectivity index (χ2v) is 7.28. The lowest BCUT2D eigenvalue weighted by Gasteiger charge is -2.05. The van der Waals surface area contributed by atoms with E-state index in [2.05, 4.69) is 25.6 Å². The zero-order valence-electron chi connectivity index (χ0n) is 11.0. The molecule has 0 bridgehead atoms. The van der Waals surface area contributed by atoms with Gasteiger partial charge in [-0.25, -0.2) is 0 Å². The van der Waals surface area contributed by atoms with Gasteiger partial charge in [0.1, 0.15) is 16.3 Å². The molecule has 0 aliphatic carbocycles. The summed E-state index contributed by atoms with van der Waals surface area (Å²) in [6.07, 6.45) is 2.30. The first-order valence-electron chi connectivity index (χ1n) is 6.38. The van der Waals surface area contributed by atoms with E-state index in [-0.39, 0.29) is 12.6 Å². The van der Waals surface area contributed by atoms with E-state index in [0.717, 1.165) is 30.3 Å². The normalized spacial score (nSPS) is 12.9. The van der Waals surface area contributed by atoms with Crippen LogP contribution in [-0.2, 0) is 13.0 Å². The van der Waals surface area contributed by atoms with Crippen LogP contribution in [0, 0.1) is 0 Å². The third-order valence-electron chi connectivity index (χ3n) is 3.01. The summed E-state index contributed by atoms with van der Waals surface area (Å²) in [6.45, 7) is 0.611. The highest BCUT2D eigenvalue weighted by atomic mass is 79.9. The SMILES string of the molecule is N[C@@H](CO)Cc1sc2c(NCc3ccco3)snc2c1Br. The summed E-state index contributed by atoms with van der Waals surface area (Å²) in [4.78, 5) is 1.11. The smallest absolute Gasteiger partial charge is 0.127 e. The van der Waals surface area contributed by atoms with Crippen LogP contribution >= 0.6 is 38.8 Å². The number of rotatable bonds is 6. The summed E-state index contributed by atoms with van der Waals surface area (Å²) in [7, 11) is 0. The van der Waals surface area contributed by atoms with Crippen molar-refractivity contribution < 1.29 is 9.52 Å². The maximum absolute atomic E-state index is 9.08. The van der Waals surface area contributed by atoms with Crippen molar-refractivity contribution in [2.75, 3.05) is 11.9 Å². The van der Waals surface area contributed by atoms with Gasteiger partial charge in [-0.2, -0.15) is 4.37 Å². The molecule has 112 valence electrons. The minimum atomic E-state index is -0.243. The van der Waals surface area contributed by atoms with Crippen molar-refractivity contribution in [1.82, 2.24) is 4.37 Å². The molecule has 0 aliphatic rings. The van der Waals surface area contributed by atoms with Gasteiger partial charge in [-0.05, 0) is 39.6 Å². The summed E-state index contributed by atoms with van der Waals surface area (Å²) in [6, 6.07) is 3.56. The number of fused-ring (bicyclic) bond motifs is 1. The van der Waals surface area contributed by atoms with E-state index in [1.807, 2.05) is 12.1 Å². The monoisotopic (exact) mass is 387 g/mol. The highest BCUT2D eigenvalue weighted by Crippen LogP contribution is 2.42. The Kier molecular flexibility index (Phi) is 4.60. The molecule has 4 N–H and O–H groups in total. The minimum absolute atomic E-state index is 0.0196. The lowest BCUT2D eigenvalue weighted by atomic mass is 10.2. The van der Waals surface area contributed by atoms with E-state index >= 15 is 0 Å². The molecule has 0 saturated heterocycles. The molecular formula is C13H14BrN3O2S2. The van der Waals surface area contributed by atoms with Crippen LogP contribution in [0.4, 0.5) is 5.00 Å². The average molecular weight is 388 g/mol. The standard InChI is InChI=1S/C13H14BrN3O2S2/c14-10-9(4-7(15)6-18)20-12-11(10)17-21-13(12)16-5-8-2-1-3-19-8/h1-3,7,16,18H,4-6,15H2/t7-/m1/s1. The Morgan fingerprint density at radius 2 is 2.38 bits per heavy atom. The molecule has 0 unspecified atom stereocenters. The van der Waals surface area contributed by atoms with Crippen LogP contribution in [0.3, 0.4) is 0 Å². The topological polar surface area (TPSA) is 84.3 Å². The van der Waals surface area contributed by atoms with Crippen molar-refractivity contribution in [3.63, 3.8) is 0 Å². The minimum Gasteiger partial charge on any atom is -0.467 e. The van der Waals surface area contributed by atoms with Crippen molar-refractivity contribution in [2.45, 2.75) is 19.0 Å². The van der Waals surface area contributed by atoms with Gasteiger partial charge in [0.05, 0.1) is 28.6 Å². The summed E-state index contributed by atoms with van der Waals surface area (Å²) in [5.41, 5.74) is 6.77. The van der Waals surface area contributed by atoms with Crippen molar-refractivity contribution in [1.29, 1.82) is 0 Å². The number of aliphatic hydroxyl groups excluding tert-OH is 1. The molecule has 0 amide bonds. The van der Waals surface area contributed by atoms with Gasteiger partial charge in [0, 0.05) is 17.3 Å². The Balaban J connectivity index is 1.82. The Morgan fingerprint density at radius 3 is 3.10 bits per heavy atom. The number of nitrogens with one attached hydrogen (secondary N) is 1. The van der Waals surface area contributed by atoms with E-state index in [0.29, 0.717) is 13.0 Å². The molecule has 5 nitrogen and oxygen atoms in total. The molecule has 0 aliphatic heterocycles. The molecule has 0 radical (unpaired) electrons. The first-order valence-corrected chi connectivity index (χ1v) is 8.76. The fourth-order valence-corrected chi connectivity index (χ4v) is 5.00. The van der Waals surface area contributed by atoms with E-state index in [4.69, 9.17) is 15.3 Å². The Hall–Kier alpha value is -0.930. The molecule has 0 fully saturated rings. The highest BCUT2D eigenvalue weighted by Gasteiger charge is 2.18. The molecule has 0 saturated carbocycles. The fraction of sp³-hybridized carbons (Fsp3) is 0.308. The number of aliphatic hydroxyl groups is 1. The highest BCUT2D eigenvalue weighted by molar-refractivity contribution is 9.10. The number of hydrogen-bond donors (Lipinski definition) is 3. The number of nitrogens with two attached hydrogens (primary N) is 1. The molecule has 8 heteroatoms. The zero-order chi connectivity index (χ0) is 14.8. The van der Waals surface area contributed by atoms with Crippen molar-refractivity contribution in [3.05, 3.63) is 33.5 Å². The lowest BCUT2D eigenvalue weighted by Crippen LogP contribution is -2.26. The Morgan fingerprint density at radius 1 is 1.52 bits per heavy atom. The average Bonchev–Trinajstić information content (AvgIpc) is 3.17. The maximum atomic E-state index is 9.08. The van der Waals surface area contributed by atoms with Gasteiger partial charge >= 0.3 is 0 Å². The molecule has 0 spiro atoms. The van der Waals surface area contributed by atoms with Gasteiger partial charge in [-0.1, -0.05) is 0 Å². The quantitative estimate of drug-likeness (QED) is 0.604. The molecule has 3 heterocycles. The number of furan rings is 1. The second kappa shape index (κ2) is 6.45. The van der Waals surface area contributed by atoms with Crippen LogP contribution in [0.2, 0.25) is 0 Å². The van der Waals surface area contributed by atoms with E-state index < -0.39 is 0 Å². The van der Waals surface area contributed by atoms with Crippen LogP contribution in [0.25, 0.3) is 10.2 Å². The third-order valence-corrected chi connectivity index (χ3v) is 6.28. The maximum Gasteiger partial charge on any atom is 0.127 e. The molecule has 3 aromatic heterocycles. The number of thiophene rings is 1. The molecule has 21 heavy (non-hydrogen) atoms. The van der Waals surface area contributed by atoms with Gasteiger partial charge in [0.2, 0.25) is 0 Å². The predicted molar refractivity (Wildman–Crippen MR) is 90.0 cm³/mol. The van der Waals surface area contributed by atoms with Gasteiger partial charge in [0.15, 0.2) is 0 Å². The summed E-state index contributed by atoms with van der Waals surface area (Å²) >= 11 is 6.67. The summed E-state index contributed by atoms with van der Waals surface area (Å²) < 4.78 is 11.9. The van der Waals surface area contributed by atoms with E-state index in [1.165, 1.54) is 11.5 Å². The summed E-state index contributed by atoms with van der Waals surface area (Å²) in [5, 5.41) is 13.5. The Labute approximate surface area is 138 Å². The number of nitrogens with zero attached hydrogens (tertiary/aromatic N) is 1. The number of aromatic nitrogens is 1. The van der Waals surface area contributed by atoms with Gasteiger partial charge < -0.3 is 20.6 Å². The van der Waals surface area contributed by atoms with Gasteiger partial charge in [-0.3, -0.25) is 0 Å². The first-order chi connectivity index (χ1) is 10.2. The third kappa shape index (κ3) is 3.14. The fourth-order valence-electron chi connectivity index (χ4n) is 1.94. The number of hydrogen-bond acceptors (Lipinski definition) is 7. The second-order valence-electron chi connectivity index (χ2n) is 4.61. The molecule has 3 rings (SSSR count). The molecular weight excluding hydrogens is 374 g/mol. The zero-order valence-corrected chi connectivity index (χ0v) is 14.2. The van der Waals surface area contributed by atoms with Gasteiger partial charge in [0.25, 0.3) is 0 Å². The van der Waals surface area contributed by atoms with E-state index in [1.54, 1.807) is 17.6 Å². The van der Waals surface area contributed by atoms with Crippen molar-refractivity contribution >= 4 is 54.0 Å². The van der Waals surface area contributed by atoms with Crippen LogP contribution in [0.1, 0.15) is 10.6 Å². The lowest BCUT2D eigenvalue weighted by molar-refractivity contribution is 0.265. The van der Waals surface area contributed by atoms with Crippen LogP contribution < -0.4 is 11.1 Å². The van der Waals surface area contributed by atoms with Gasteiger partial charge in [-0.15, -0.1) is 11.3 Å². The molecule has 1 atom stereocenters. The number of anilines is 1. The largest absolute Gasteiger partial charge is 0.467 e. The van der Waals surface area contributed by atoms with Crippen LogP contribution in [0.5, 0.6) is 0 Å². The van der Waals surface area contributed by atoms with E-state index in [9.17, 15) is 0 Å². The number of halogens is 1. The van der Waals surface area contributed by atoms with Crippen molar-refractivity contribution in [2.24, 2.45) is 5.73 Å². The Bertz CT molecular complexity index is 723. The van der Waals surface area contributed by atoms with Crippen molar-refractivity contribution in [3.8, 4) is 0 Å². The molecule has 0 aromatic carbocycles. The van der Waals surface area contributed by atoms with Crippen LogP contribution in [0.15, 0.2) is 27.3 Å².